The lowest BCUT2D eigenvalue weighted by molar-refractivity contribution is -0.0987. The quantitative estimate of drug-likeness (QED) is 0.862. The van der Waals surface area contributed by atoms with Gasteiger partial charge < -0.3 is 14.9 Å². The molecule has 0 atom stereocenters. The average Bonchev–Trinajstić information content (AvgIpc) is 2.53. The number of benzene rings is 2. The van der Waals surface area contributed by atoms with Gasteiger partial charge in [-0.05, 0) is 26.0 Å². The predicted molar refractivity (Wildman–Crippen MR) is 86.1 cm³/mol. The van der Waals surface area contributed by atoms with Gasteiger partial charge in [-0.15, -0.1) is 0 Å². The standard InChI is InChI=1S/C8H11N.C7H8.2CH2O/c1-7-3-5-8(9-2)6-4-7;1-7-5-3-2-4-6-7;2*1-2/h3-6,9H,1-2H3;2-6H,1H3;2*1H2. The molecule has 0 aromatic heterocycles. The van der Waals surface area contributed by atoms with E-state index in [1.807, 2.05) is 38.8 Å². The Labute approximate surface area is 121 Å². The first-order valence-corrected chi connectivity index (χ1v) is 6.06. The van der Waals surface area contributed by atoms with E-state index in [9.17, 15) is 0 Å². The Morgan fingerprint density at radius 3 is 1.40 bits per heavy atom. The van der Waals surface area contributed by atoms with E-state index in [1.54, 1.807) is 0 Å². The zero-order valence-electron chi connectivity index (χ0n) is 12.4. The van der Waals surface area contributed by atoms with Crippen molar-refractivity contribution in [3.8, 4) is 0 Å². The van der Waals surface area contributed by atoms with Crippen LogP contribution in [0.5, 0.6) is 0 Å². The first kappa shape index (κ1) is 19.9. The highest BCUT2D eigenvalue weighted by Crippen LogP contribution is 2.06. The third-order valence-electron chi connectivity index (χ3n) is 2.28. The van der Waals surface area contributed by atoms with Crippen LogP contribution in [0.25, 0.3) is 0 Å². The molecule has 0 aliphatic rings. The highest BCUT2D eigenvalue weighted by molar-refractivity contribution is 5.43. The number of nitrogens with one attached hydrogen (secondary N) is 1. The van der Waals surface area contributed by atoms with E-state index in [-0.39, 0.29) is 0 Å². The third-order valence-corrected chi connectivity index (χ3v) is 2.28. The zero-order chi connectivity index (χ0) is 15.8. The molecule has 0 amide bonds. The van der Waals surface area contributed by atoms with Crippen LogP contribution >= 0.6 is 0 Å². The van der Waals surface area contributed by atoms with Crippen LogP contribution < -0.4 is 5.32 Å². The van der Waals surface area contributed by atoms with Gasteiger partial charge in [-0.1, -0.05) is 53.6 Å². The van der Waals surface area contributed by atoms with E-state index in [0.29, 0.717) is 0 Å². The van der Waals surface area contributed by atoms with Crippen molar-refractivity contribution in [1.82, 2.24) is 0 Å². The predicted octanol–water partition coefficient (Wildman–Crippen LogP) is 3.66. The summed E-state index contributed by atoms with van der Waals surface area (Å²) in [6.45, 7) is 8.17. The maximum atomic E-state index is 8.00. The molecular weight excluding hydrogens is 250 g/mol. The highest BCUT2D eigenvalue weighted by atomic mass is 16.1. The fourth-order valence-electron chi connectivity index (χ4n) is 1.25. The van der Waals surface area contributed by atoms with Crippen LogP contribution in [0.3, 0.4) is 0 Å². The second-order valence-corrected chi connectivity index (χ2v) is 3.77. The van der Waals surface area contributed by atoms with Gasteiger partial charge in [0.05, 0.1) is 0 Å². The molecule has 0 heterocycles. The molecule has 0 aliphatic heterocycles. The molecule has 3 nitrogen and oxygen atoms in total. The molecule has 0 spiro atoms. The fraction of sp³-hybridized carbons (Fsp3) is 0.176. The Balaban J connectivity index is 0. The van der Waals surface area contributed by atoms with Gasteiger partial charge in [0.15, 0.2) is 0 Å². The van der Waals surface area contributed by atoms with Crippen molar-refractivity contribution in [1.29, 1.82) is 0 Å². The molecule has 0 radical (unpaired) electrons. The molecule has 108 valence electrons. The van der Waals surface area contributed by atoms with Crippen LogP contribution in [0.4, 0.5) is 5.69 Å². The minimum absolute atomic E-state index is 1.17. The van der Waals surface area contributed by atoms with Crippen LogP contribution in [0, 0.1) is 13.8 Å². The second-order valence-electron chi connectivity index (χ2n) is 3.77. The summed E-state index contributed by atoms with van der Waals surface area (Å²) in [5.41, 5.74) is 3.79. The van der Waals surface area contributed by atoms with Crippen LogP contribution in [0.15, 0.2) is 54.6 Å². The summed E-state index contributed by atoms with van der Waals surface area (Å²) in [6.07, 6.45) is 0. The number of hydrogen-bond acceptors (Lipinski definition) is 3. The molecule has 2 aromatic carbocycles. The molecule has 0 aliphatic carbocycles. The van der Waals surface area contributed by atoms with Crippen molar-refractivity contribution < 1.29 is 9.59 Å². The van der Waals surface area contributed by atoms with Crippen molar-refractivity contribution >= 4 is 19.3 Å². The van der Waals surface area contributed by atoms with Crippen molar-refractivity contribution in [2.45, 2.75) is 13.8 Å². The molecule has 2 rings (SSSR count). The van der Waals surface area contributed by atoms with Crippen LogP contribution in [0.1, 0.15) is 11.1 Å². The van der Waals surface area contributed by atoms with E-state index in [2.05, 4.69) is 55.6 Å². The average molecular weight is 273 g/mol. The van der Waals surface area contributed by atoms with Gasteiger partial charge in [0, 0.05) is 12.7 Å². The molecule has 3 heteroatoms. The maximum Gasteiger partial charge on any atom is 0.106 e. The molecule has 0 saturated heterocycles. The summed E-state index contributed by atoms with van der Waals surface area (Å²) < 4.78 is 0. The molecule has 1 N–H and O–H groups in total. The number of aryl methyl sites for hydroxylation is 2. The molecular formula is C17H23NO2. The SMILES string of the molecule is C=O.C=O.CNc1ccc(C)cc1.Cc1ccccc1. The zero-order valence-corrected chi connectivity index (χ0v) is 12.4. The maximum absolute atomic E-state index is 8.00. The minimum Gasteiger partial charge on any atom is -0.388 e. The summed E-state index contributed by atoms with van der Waals surface area (Å²) in [5, 5.41) is 3.05. The second kappa shape index (κ2) is 14.6. The Bertz CT molecular complexity index is 425. The van der Waals surface area contributed by atoms with Crippen LogP contribution in [0.2, 0.25) is 0 Å². The smallest absolute Gasteiger partial charge is 0.106 e. The van der Waals surface area contributed by atoms with Gasteiger partial charge in [-0.3, -0.25) is 0 Å². The van der Waals surface area contributed by atoms with Gasteiger partial charge in [0.2, 0.25) is 0 Å². The summed E-state index contributed by atoms with van der Waals surface area (Å²) in [5.74, 6) is 0. The van der Waals surface area contributed by atoms with Crippen LogP contribution in [-0.2, 0) is 9.59 Å². The third kappa shape index (κ3) is 10.7. The summed E-state index contributed by atoms with van der Waals surface area (Å²) >= 11 is 0. The first-order chi connectivity index (χ1) is 9.72. The molecule has 0 fully saturated rings. The van der Waals surface area contributed by atoms with Crippen molar-refractivity contribution in [3.63, 3.8) is 0 Å². The summed E-state index contributed by atoms with van der Waals surface area (Å²) in [4.78, 5) is 16.0. The van der Waals surface area contributed by atoms with E-state index < -0.39 is 0 Å². The topological polar surface area (TPSA) is 46.2 Å². The van der Waals surface area contributed by atoms with E-state index in [1.165, 1.54) is 16.8 Å². The van der Waals surface area contributed by atoms with Crippen molar-refractivity contribution in [2.75, 3.05) is 12.4 Å². The largest absolute Gasteiger partial charge is 0.388 e. The number of rotatable bonds is 1. The molecule has 20 heavy (non-hydrogen) atoms. The monoisotopic (exact) mass is 273 g/mol. The highest BCUT2D eigenvalue weighted by Gasteiger charge is 1.83. The van der Waals surface area contributed by atoms with Crippen molar-refractivity contribution in [3.05, 3.63) is 65.7 Å². The Morgan fingerprint density at radius 2 is 1.10 bits per heavy atom. The van der Waals surface area contributed by atoms with E-state index in [0.717, 1.165) is 0 Å². The molecule has 0 saturated carbocycles. The fourth-order valence-corrected chi connectivity index (χ4v) is 1.25. The molecule has 2 aromatic rings. The number of anilines is 1. The van der Waals surface area contributed by atoms with Gasteiger partial charge in [0.1, 0.15) is 13.6 Å². The van der Waals surface area contributed by atoms with Gasteiger partial charge >= 0.3 is 0 Å². The van der Waals surface area contributed by atoms with Crippen LogP contribution in [-0.4, -0.2) is 20.6 Å². The van der Waals surface area contributed by atoms with Gasteiger partial charge in [-0.25, -0.2) is 0 Å². The lowest BCUT2D eigenvalue weighted by Crippen LogP contribution is -1.85. The van der Waals surface area contributed by atoms with Gasteiger partial charge in [-0.2, -0.15) is 0 Å². The van der Waals surface area contributed by atoms with E-state index in [4.69, 9.17) is 9.59 Å². The normalized spacial score (nSPS) is 7.55. The van der Waals surface area contributed by atoms with Crippen molar-refractivity contribution in [2.24, 2.45) is 0 Å². The molecule has 0 bridgehead atoms. The summed E-state index contributed by atoms with van der Waals surface area (Å²) in [7, 11) is 1.92. The minimum atomic E-state index is 1.17. The Morgan fingerprint density at radius 1 is 0.700 bits per heavy atom. The Kier molecular flexibility index (Phi) is 14.6. The lowest BCUT2D eigenvalue weighted by atomic mass is 10.2. The first-order valence-electron chi connectivity index (χ1n) is 6.06. The lowest BCUT2D eigenvalue weighted by Gasteiger charge is -1.97. The number of hydrogen-bond donors (Lipinski definition) is 1. The number of carbonyl (C=O) groups excluding carboxylic acids is 2. The Hall–Kier alpha value is -2.42. The van der Waals surface area contributed by atoms with E-state index >= 15 is 0 Å². The molecule has 0 unspecified atom stereocenters. The summed E-state index contributed by atoms with van der Waals surface area (Å²) in [6, 6.07) is 18.6. The number of carbonyl (C=O) groups is 2. The van der Waals surface area contributed by atoms with Gasteiger partial charge in [0.25, 0.3) is 0 Å².